The number of nitrogens with zero attached hydrogens (tertiary/aromatic N) is 1. The average molecular weight is 282 g/mol. The van der Waals surface area contributed by atoms with Crippen molar-refractivity contribution < 1.29 is 9.53 Å². The summed E-state index contributed by atoms with van der Waals surface area (Å²) in [5.41, 5.74) is 6.88. The summed E-state index contributed by atoms with van der Waals surface area (Å²) in [5, 5.41) is 0. The number of anilines is 1. The predicted octanol–water partition coefficient (Wildman–Crippen LogP) is 2.49. The van der Waals surface area contributed by atoms with Crippen LogP contribution in [0.2, 0.25) is 0 Å². The Labute approximate surface area is 119 Å². The summed E-state index contributed by atoms with van der Waals surface area (Å²) in [7, 11) is 3.39. The number of thioether (sulfide) groups is 1. The van der Waals surface area contributed by atoms with Crippen LogP contribution in [0.4, 0.5) is 5.69 Å². The van der Waals surface area contributed by atoms with Crippen molar-refractivity contribution in [3.63, 3.8) is 0 Å². The molecule has 106 valence electrons. The Kier molecular flexibility index (Phi) is 6.02. The van der Waals surface area contributed by atoms with Gasteiger partial charge < -0.3 is 15.4 Å². The van der Waals surface area contributed by atoms with E-state index < -0.39 is 0 Å². The predicted molar refractivity (Wildman–Crippen MR) is 82.0 cm³/mol. The van der Waals surface area contributed by atoms with Gasteiger partial charge in [-0.1, -0.05) is 0 Å². The standard InChI is InChI=1S/C14H22N2O2S/c1-10(7-8-19-4)16(2)14(17)12-6-5-11(18-3)9-13(12)15/h5-6,9-10H,7-8,15H2,1-4H3. The molecule has 0 bridgehead atoms. The first-order valence-corrected chi connectivity index (χ1v) is 7.60. The maximum atomic E-state index is 12.4. The molecule has 1 aromatic rings. The van der Waals surface area contributed by atoms with Gasteiger partial charge in [0.05, 0.1) is 12.7 Å². The highest BCUT2D eigenvalue weighted by Crippen LogP contribution is 2.21. The molecule has 1 atom stereocenters. The number of hydrogen-bond donors (Lipinski definition) is 1. The van der Waals surface area contributed by atoms with Crippen LogP contribution in [-0.2, 0) is 0 Å². The maximum absolute atomic E-state index is 12.4. The number of ether oxygens (including phenoxy) is 1. The quantitative estimate of drug-likeness (QED) is 0.814. The molecule has 0 aliphatic rings. The Morgan fingerprint density at radius 1 is 1.53 bits per heavy atom. The van der Waals surface area contributed by atoms with Gasteiger partial charge in [-0.15, -0.1) is 0 Å². The summed E-state index contributed by atoms with van der Waals surface area (Å²) in [5.74, 6) is 1.65. The summed E-state index contributed by atoms with van der Waals surface area (Å²) in [6, 6.07) is 5.34. The van der Waals surface area contributed by atoms with Gasteiger partial charge in [-0.05, 0) is 37.5 Å². The third-order valence-corrected chi connectivity index (χ3v) is 3.85. The number of carbonyl (C=O) groups is 1. The van der Waals surface area contributed by atoms with E-state index in [0.29, 0.717) is 17.0 Å². The first-order chi connectivity index (χ1) is 9.01. The lowest BCUT2D eigenvalue weighted by molar-refractivity contribution is 0.0742. The summed E-state index contributed by atoms with van der Waals surface area (Å²) < 4.78 is 5.08. The minimum Gasteiger partial charge on any atom is -0.497 e. The molecule has 0 aliphatic carbocycles. The highest BCUT2D eigenvalue weighted by atomic mass is 32.2. The van der Waals surface area contributed by atoms with Crippen molar-refractivity contribution >= 4 is 23.4 Å². The smallest absolute Gasteiger partial charge is 0.255 e. The second-order valence-corrected chi connectivity index (χ2v) is 5.49. The zero-order chi connectivity index (χ0) is 14.4. The monoisotopic (exact) mass is 282 g/mol. The fourth-order valence-electron chi connectivity index (χ4n) is 1.73. The molecule has 1 unspecified atom stereocenters. The van der Waals surface area contributed by atoms with E-state index in [9.17, 15) is 4.79 Å². The van der Waals surface area contributed by atoms with Crippen LogP contribution in [0.1, 0.15) is 23.7 Å². The first kappa shape index (κ1) is 15.7. The second-order valence-electron chi connectivity index (χ2n) is 4.50. The van der Waals surface area contributed by atoms with Crippen LogP contribution in [0.15, 0.2) is 18.2 Å². The number of hydrogen-bond acceptors (Lipinski definition) is 4. The number of benzene rings is 1. The van der Waals surface area contributed by atoms with Crippen LogP contribution in [0.3, 0.4) is 0 Å². The summed E-state index contributed by atoms with van der Waals surface area (Å²) in [4.78, 5) is 14.1. The number of rotatable bonds is 6. The summed E-state index contributed by atoms with van der Waals surface area (Å²) in [6.45, 7) is 2.05. The number of methoxy groups -OCH3 is 1. The molecule has 4 nitrogen and oxygen atoms in total. The number of carbonyl (C=O) groups excluding carboxylic acids is 1. The van der Waals surface area contributed by atoms with Gasteiger partial charge >= 0.3 is 0 Å². The van der Waals surface area contributed by atoms with Gasteiger partial charge in [0.2, 0.25) is 0 Å². The van der Waals surface area contributed by atoms with Crippen LogP contribution in [-0.4, -0.2) is 43.0 Å². The van der Waals surface area contributed by atoms with E-state index in [1.165, 1.54) is 0 Å². The molecular formula is C14H22N2O2S. The van der Waals surface area contributed by atoms with E-state index in [-0.39, 0.29) is 11.9 Å². The van der Waals surface area contributed by atoms with Crippen molar-refractivity contribution in [2.75, 3.05) is 31.9 Å². The normalized spacial score (nSPS) is 12.0. The lowest BCUT2D eigenvalue weighted by atomic mass is 10.1. The van der Waals surface area contributed by atoms with Crippen LogP contribution < -0.4 is 10.5 Å². The van der Waals surface area contributed by atoms with Crippen molar-refractivity contribution in [2.24, 2.45) is 0 Å². The zero-order valence-corrected chi connectivity index (χ0v) is 12.8. The minimum atomic E-state index is -0.0474. The van der Waals surface area contributed by atoms with Crippen molar-refractivity contribution in [3.05, 3.63) is 23.8 Å². The highest BCUT2D eigenvalue weighted by Gasteiger charge is 2.19. The van der Waals surface area contributed by atoms with E-state index in [1.807, 2.05) is 14.0 Å². The molecule has 2 N–H and O–H groups in total. The largest absolute Gasteiger partial charge is 0.497 e. The Hall–Kier alpha value is -1.36. The van der Waals surface area contributed by atoms with Crippen molar-refractivity contribution in [2.45, 2.75) is 19.4 Å². The third-order valence-electron chi connectivity index (χ3n) is 3.21. The molecule has 5 heteroatoms. The molecule has 0 aliphatic heterocycles. The third kappa shape index (κ3) is 4.06. The molecule has 0 saturated heterocycles. The van der Waals surface area contributed by atoms with Crippen LogP contribution >= 0.6 is 11.8 Å². The number of amides is 1. The van der Waals surface area contributed by atoms with Gasteiger partial charge in [-0.2, -0.15) is 11.8 Å². The van der Waals surface area contributed by atoms with Crippen molar-refractivity contribution in [3.8, 4) is 5.75 Å². The van der Waals surface area contributed by atoms with Gasteiger partial charge in [0.1, 0.15) is 5.75 Å². The van der Waals surface area contributed by atoms with Crippen LogP contribution in [0.25, 0.3) is 0 Å². The lowest BCUT2D eigenvalue weighted by Crippen LogP contribution is -2.35. The molecule has 1 amide bonds. The van der Waals surface area contributed by atoms with E-state index in [2.05, 4.69) is 6.26 Å². The van der Waals surface area contributed by atoms with E-state index in [4.69, 9.17) is 10.5 Å². The van der Waals surface area contributed by atoms with Gasteiger partial charge in [0.15, 0.2) is 0 Å². The van der Waals surface area contributed by atoms with Crippen LogP contribution in [0, 0.1) is 0 Å². The molecule has 0 saturated carbocycles. The van der Waals surface area contributed by atoms with Gasteiger partial charge in [0.25, 0.3) is 5.91 Å². The Morgan fingerprint density at radius 2 is 2.21 bits per heavy atom. The first-order valence-electron chi connectivity index (χ1n) is 6.20. The van der Waals surface area contributed by atoms with Crippen molar-refractivity contribution in [1.82, 2.24) is 4.90 Å². The fraction of sp³-hybridized carbons (Fsp3) is 0.500. The molecule has 19 heavy (non-hydrogen) atoms. The van der Waals surface area contributed by atoms with Crippen molar-refractivity contribution in [1.29, 1.82) is 0 Å². The number of nitrogens with two attached hydrogens (primary N) is 1. The minimum absolute atomic E-state index is 0.0474. The number of nitrogen functional groups attached to an aromatic ring is 1. The second kappa shape index (κ2) is 7.28. The molecular weight excluding hydrogens is 260 g/mol. The van der Waals surface area contributed by atoms with Gasteiger partial charge in [0, 0.05) is 24.8 Å². The SMILES string of the molecule is COc1ccc(C(=O)N(C)C(C)CCSC)c(N)c1. The maximum Gasteiger partial charge on any atom is 0.255 e. The topological polar surface area (TPSA) is 55.6 Å². The summed E-state index contributed by atoms with van der Waals surface area (Å²) >= 11 is 1.78. The molecule has 0 fully saturated rings. The Balaban J connectivity index is 2.82. The lowest BCUT2D eigenvalue weighted by Gasteiger charge is -2.25. The Morgan fingerprint density at radius 3 is 2.74 bits per heavy atom. The average Bonchev–Trinajstić information content (AvgIpc) is 2.42. The molecule has 0 spiro atoms. The molecule has 0 radical (unpaired) electrons. The molecule has 0 heterocycles. The molecule has 1 rings (SSSR count). The Bertz CT molecular complexity index is 437. The summed E-state index contributed by atoms with van der Waals surface area (Å²) in [6.07, 6.45) is 3.04. The highest BCUT2D eigenvalue weighted by molar-refractivity contribution is 7.98. The van der Waals surface area contributed by atoms with Gasteiger partial charge in [-0.25, -0.2) is 0 Å². The van der Waals surface area contributed by atoms with Crippen LogP contribution in [0.5, 0.6) is 5.75 Å². The zero-order valence-electron chi connectivity index (χ0n) is 12.0. The van der Waals surface area contributed by atoms with E-state index in [1.54, 1.807) is 42.0 Å². The van der Waals surface area contributed by atoms with E-state index in [0.717, 1.165) is 12.2 Å². The van der Waals surface area contributed by atoms with Gasteiger partial charge in [-0.3, -0.25) is 4.79 Å². The molecule has 1 aromatic carbocycles. The van der Waals surface area contributed by atoms with E-state index >= 15 is 0 Å². The molecule has 0 aromatic heterocycles. The fourth-order valence-corrected chi connectivity index (χ4v) is 2.31.